The Labute approximate surface area is 110 Å². The second kappa shape index (κ2) is 5.79. The van der Waals surface area contributed by atoms with Crippen molar-refractivity contribution in [1.82, 2.24) is 14.8 Å². The molecular weight excluding hydrogens is 249 g/mol. The molecule has 0 fully saturated rings. The first-order valence-corrected chi connectivity index (χ1v) is 6.04. The van der Waals surface area contributed by atoms with E-state index in [1.54, 1.807) is 11.0 Å². The highest BCUT2D eigenvalue weighted by atomic mass is 19.1. The van der Waals surface area contributed by atoms with Gasteiger partial charge in [-0.05, 0) is 30.7 Å². The van der Waals surface area contributed by atoms with Crippen molar-refractivity contribution in [1.29, 1.82) is 0 Å². The standard InChI is InChI=1S/C13H16FN3O2/c1-2-13(18,7-17-10-15-9-16-17)8-19-12-5-3-11(14)4-6-12/h3-6,9-10,18H,2,7-8H2,1H3. The van der Waals surface area contributed by atoms with Crippen molar-refractivity contribution in [3.8, 4) is 5.75 Å². The smallest absolute Gasteiger partial charge is 0.137 e. The van der Waals surface area contributed by atoms with Gasteiger partial charge in [-0.3, -0.25) is 0 Å². The van der Waals surface area contributed by atoms with Crippen molar-refractivity contribution >= 4 is 0 Å². The maximum atomic E-state index is 12.8. The SMILES string of the molecule is CCC(O)(COc1ccc(F)cc1)Cn1cncn1. The lowest BCUT2D eigenvalue weighted by molar-refractivity contribution is -0.0249. The maximum Gasteiger partial charge on any atom is 0.137 e. The Balaban J connectivity index is 1.96. The maximum absolute atomic E-state index is 12.8. The van der Waals surface area contributed by atoms with Crippen molar-refractivity contribution in [2.24, 2.45) is 0 Å². The van der Waals surface area contributed by atoms with Crippen LogP contribution in [0, 0.1) is 5.82 Å². The van der Waals surface area contributed by atoms with E-state index in [0.717, 1.165) is 0 Å². The van der Waals surface area contributed by atoms with Crippen LogP contribution in [0.25, 0.3) is 0 Å². The number of hydrogen-bond acceptors (Lipinski definition) is 4. The lowest BCUT2D eigenvalue weighted by atomic mass is 10.0. The molecule has 2 rings (SSSR count). The number of halogens is 1. The molecule has 1 aromatic heterocycles. The zero-order valence-electron chi connectivity index (χ0n) is 10.7. The average Bonchev–Trinajstić information content (AvgIpc) is 2.91. The van der Waals surface area contributed by atoms with Crippen LogP contribution in [-0.4, -0.2) is 32.1 Å². The van der Waals surface area contributed by atoms with Crippen molar-refractivity contribution in [2.75, 3.05) is 6.61 Å². The fraction of sp³-hybridized carbons (Fsp3) is 0.385. The summed E-state index contributed by atoms with van der Waals surface area (Å²) in [4.78, 5) is 3.83. The van der Waals surface area contributed by atoms with Gasteiger partial charge in [0.25, 0.3) is 0 Å². The van der Waals surface area contributed by atoms with Crippen molar-refractivity contribution < 1.29 is 14.2 Å². The molecule has 0 spiro atoms. The molecule has 19 heavy (non-hydrogen) atoms. The van der Waals surface area contributed by atoms with Gasteiger partial charge >= 0.3 is 0 Å². The predicted molar refractivity (Wildman–Crippen MR) is 67.2 cm³/mol. The highest BCUT2D eigenvalue weighted by Gasteiger charge is 2.27. The minimum absolute atomic E-state index is 0.106. The number of benzene rings is 1. The zero-order valence-corrected chi connectivity index (χ0v) is 10.7. The van der Waals surface area contributed by atoms with Crippen LogP contribution in [0.5, 0.6) is 5.75 Å². The van der Waals surface area contributed by atoms with Gasteiger partial charge in [0, 0.05) is 0 Å². The molecule has 0 aliphatic carbocycles. The number of aliphatic hydroxyl groups is 1. The summed E-state index contributed by atoms with van der Waals surface area (Å²) in [6.45, 7) is 2.27. The summed E-state index contributed by atoms with van der Waals surface area (Å²) >= 11 is 0. The van der Waals surface area contributed by atoms with Gasteiger partial charge in [-0.25, -0.2) is 14.1 Å². The van der Waals surface area contributed by atoms with Gasteiger partial charge in [0.05, 0.1) is 6.54 Å². The number of hydrogen-bond donors (Lipinski definition) is 1. The van der Waals surface area contributed by atoms with Crippen molar-refractivity contribution in [3.63, 3.8) is 0 Å². The largest absolute Gasteiger partial charge is 0.491 e. The molecule has 0 radical (unpaired) electrons. The monoisotopic (exact) mass is 265 g/mol. The summed E-state index contributed by atoms with van der Waals surface area (Å²) in [6, 6.07) is 5.69. The van der Waals surface area contributed by atoms with Crippen LogP contribution in [0.2, 0.25) is 0 Å². The van der Waals surface area contributed by atoms with Crippen molar-refractivity contribution in [2.45, 2.75) is 25.5 Å². The first kappa shape index (κ1) is 13.5. The van der Waals surface area contributed by atoms with Gasteiger partial charge in [-0.15, -0.1) is 0 Å². The van der Waals surface area contributed by atoms with Gasteiger partial charge in [0.15, 0.2) is 0 Å². The van der Waals surface area contributed by atoms with Crippen molar-refractivity contribution in [3.05, 3.63) is 42.7 Å². The number of rotatable bonds is 6. The van der Waals surface area contributed by atoms with Crippen LogP contribution < -0.4 is 4.74 Å². The van der Waals surface area contributed by atoms with Gasteiger partial charge in [0.2, 0.25) is 0 Å². The predicted octanol–water partition coefficient (Wildman–Crippen LogP) is 1.64. The molecule has 0 bridgehead atoms. The van der Waals surface area contributed by atoms with E-state index in [2.05, 4.69) is 10.1 Å². The molecule has 6 heteroatoms. The van der Waals surface area contributed by atoms with Gasteiger partial charge < -0.3 is 9.84 Å². The fourth-order valence-electron chi connectivity index (χ4n) is 1.62. The molecule has 1 aromatic carbocycles. The summed E-state index contributed by atoms with van der Waals surface area (Å²) in [5, 5.41) is 14.4. The summed E-state index contributed by atoms with van der Waals surface area (Å²) in [7, 11) is 0. The van der Waals surface area contributed by atoms with Crippen LogP contribution in [0.3, 0.4) is 0 Å². The Bertz CT molecular complexity index is 501. The molecule has 0 aliphatic heterocycles. The molecule has 1 unspecified atom stereocenters. The first-order chi connectivity index (χ1) is 9.11. The topological polar surface area (TPSA) is 60.2 Å². The third-order valence-electron chi connectivity index (χ3n) is 2.90. The quantitative estimate of drug-likeness (QED) is 0.862. The minimum Gasteiger partial charge on any atom is -0.491 e. The molecule has 5 nitrogen and oxygen atoms in total. The molecule has 0 saturated heterocycles. The van der Waals surface area contributed by atoms with Gasteiger partial charge in [-0.2, -0.15) is 5.10 Å². The number of nitrogens with zero attached hydrogens (tertiary/aromatic N) is 3. The van der Waals surface area contributed by atoms with Gasteiger partial charge in [0.1, 0.15) is 36.4 Å². The van der Waals surface area contributed by atoms with E-state index < -0.39 is 5.60 Å². The normalized spacial score (nSPS) is 14.1. The molecule has 1 N–H and O–H groups in total. The molecule has 1 heterocycles. The zero-order chi connectivity index (χ0) is 13.7. The Hall–Kier alpha value is -1.95. The second-order valence-corrected chi connectivity index (χ2v) is 4.41. The second-order valence-electron chi connectivity index (χ2n) is 4.41. The van der Waals surface area contributed by atoms with Crippen LogP contribution in [0.15, 0.2) is 36.9 Å². The molecule has 102 valence electrons. The number of aromatic nitrogens is 3. The number of ether oxygens (including phenoxy) is 1. The molecule has 0 aliphatic rings. The first-order valence-electron chi connectivity index (χ1n) is 6.04. The Morgan fingerprint density at radius 2 is 2.11 bits per heavy atom. The van der Waals surface area contributed by atoms with Gasteiger partial charge in [-0.1, -0.05) is 6.92 Å². The van der Waals surface area contributed by atoms with E-state index in [1.165, 1.54) is 30.6 Å². The molecular formula is C13H16FN3O2. The lowest BCUT2D eigenvalue weighted by Gasteiger charge is -2.26. The third kappa shape index (κ3) is 3.75. The van der Waals surface area contributed by atoms with Crippen LogP contribution >= 0.6 is 0 Å². The fourth-order valence-corrected chi connectivity index (χ4v) is 1.62. The van der Waals surface area contributed by atoms with Crippen LogP contribution in [0.1, 0.15) is 13.3 Å². The summed E-state index contributed by atoms with van der Waals surface area (Å²) in [6.07, 6.45) is 3.46. The Kier molecular flexibility index (Phi) is 4.11. The van der Waals surface area contributed by atoms with E-state index in [1.807, 2.05) is 6.92 Å². The summed E-state index contributed by atoms with van der Waals surface area (Å²) < 4.78 is 19.8. The van der Waals surface area contributed by atoms with E-state index in [9.17, 15) is 9.50 Å². The van der Waals surface area contributed by atoms with E-state index in [4.69, 9.17) is 4.74 Å². The molecule has 1 atom stereocenters. The molecule has 0 saturated carbocycles. The highest BCUT2D eigenvalue weighted by molar-refractivity contribution is 5.22. The highest BCUT2D eigenvalue weighted by Crippen LogP contribution is 2.17. The lowest BCUT2D eigenvalue weighted by Crippen LogP contribution is -2.40. The Morgan fingerprint density at radius 3 is 2.68 bits per heavy atom. The molecule has 0 amide bonds. The Morgan fingerprint density at radius 1 is 1.37 bits per heavy atom. The van der Waals surface area contributed by atoms with E-state index >= 15 is 0 Å². The van der Waals surface area contributed by atoms with Crippen LogP contribution in [-0.2, 0) is 6.54 Å². The molecule has 2 aromatic rings. The van der Waals surface area contributed by atoms with E-state index in [0.29, 0.717) is 18.7 Å². The minimum atomic E-state index is -1.04. The summed E-state index contributed by atoms with van der Waals surface area (Å²) in [5.41, 5.74) is -1.04. The average molecular weight is 265 g/mol. The van der Waals surface area contributed by atoms with E-state index in [-0.39, 0.29) is 12.4 Å². The van der Waals surface area contributed by atoms with Crippen LogP contribution in [0.4, 0.5) is 4.39 Å². The summed E-state index contributed by atoms with van der Waals surface area (Å²) in [5.74, 6) is 0.201. The third-order valence-corrected chi connectivity index (χ3v) is 2.90.